The first-order chi connectivity index (χ1) is 7.54. The van der Waals surface area contributed by atoms with Gasteiger partial charge in [-0.05, 0) is 28.1 Å². The molecule has 16 heavy (non-hydrogen) atoms. The molecule has 0 aliphatic heterocycles. The molecule has 0 bridgehead atoms. The number of nitrogens with two attached hydrogens (primary N) is 1. The number of hydrogen-bond acceptors (Lipinski definition) is 3. The third kappa shape index (κ3) is 3.77. The number of amides is 1. The Balaban J connectivity index is 2.81. The summed E-state index contributed by atoms with van der Waals surface area (Å²) in [7, 11) is 1.60. The highest BCUT2D eigenvalue weighted by atomic mass is 79.9. The minimum Gasteiger partial charge on any atom is -0.495 e. The first-order valence-electron chi connectivity index (χ1n) is 4.55. The lowest BCUT2D eigenvalue weighted by Crippen LogP contribution is -2.28. The second kappa shape index (κ2) is 6.22. The van der Waals surface area contributed by atoms with Crippen molar-refractivity contribution in [2.75, 3.05) is 13.7 Å². The second-order valence-electron chi connectivity index (χ2n) is 3.15. The molecular weight excluding hydrogens is 340 g/mol. The second-order valence-corrected chi connectivity index (χ2v) is 4.92. The molecule has 0 fully saturated rings. The Morgan fingerprint density at radius 3 is 2.75 bits per heavy atom. The van der Waals surface area contributed by atoms with Crippen LogP contribution in [0.5, 0.6) is 5.75 Å². The maximum Gasteiger partial charge on any atom is 0.231 e. The van der Waals surface area contributed by atoms with Gasteiger partial charge in [0.05, 0.1) is 18.1 Å². The number of primary amides is 1. The van der Waals surface area contributed by atoms with E-state index in [2.05, 4.69) is 37.2 Å². The molecule has 6 heteroatoms. The van der Waals surface area contributed by atoms with Crippen LogP contribution in [0.25, 0.3) is 0 Å². The van der Waals surface area contributed by atoms with E-state index >= 15 is 0 Å². The van der Waals surface area contributed by atoms with Gasteiger partial charge in [-0.25, -0.2) is 0 Å². The number of halogens is 2. The Kier molecular flexibility index (Phi) is 5.24. The summed E-state index contributed by atoms with van der Waals surface area (Å²) >= 11 is 6.80. The fourth-order valence-electron chi connectivity index (χ4n) is 1.29. The van der Waals surface area contributed by atoms with Crippen LogP contribution in [0, 0.1) is 0 Å². The molecule has 4 nitrogen and oxygen atoms in total. The van der Waals surface area contributed by atoms with E-state index < -0.39 is 0 Å². The molecule has 0 saturated heterocycles. The van der Waals surface area contributed by atoms with Gasteiger partial charge in [-0.15, -0.1) is 0 Å². The Morgan fingerprint density at radius 2 is 2.19 bits per heavy atom. The zero-order valence-corrected chi connectivity index (χ0v) is 11.9. The van der Waals surface area contributed by atoms with Gasteiger partial charge in [0, 0.05) is 16.6 Å². The molecule has 3 N–H and O–H groups in total. The lowest BCUT2D eigenvalue weighted by molar-refractivity contribution is -0.117. The average molecular weight is 352 g/mol. The number of ether oxygens (including phenoxy) is 1. The first-order valence-corrected chi connectivity index (χ1v) is 6.14. The molecule has 0 unspecified atom stereocenters. The highest BCUT2D eigenvalue weighted by Crippen LogP contribution is 2.32. The van der Waals surface area contributed by atoms with Crippen LogP contribution in [0.3, 0.4) is 0 Å². The van der Waals surface area contributed by atoms with Crippen molar-refractivity contribution in [1.82, 2.24) is 5.32 Å². The van der Waals surface area contributed by atoms with Gasteiger partial charge in [0.15, 0.2) is 0 Å². The fourth-order valence-corrected chi connectivity index (χ4v) is 2.77. The summed E-state index contributed by atoms with van der Waals surface area (Å²) in [5, 5.41) is 2.93. The van der Waals surface area contributed by atoms with Crippen molar-refractivity contribution < 1.29 is 9.53 Å². The molecule has 0 aliphatic rings. The standard InChI is InChI=1S/C10H12Br2N2O2/c1-16-10-6(4-14-5-9(13)15)2-7(11)3-8(10)12/h2-3,14H,4-5H2,1H3,(H2,13,15). The van der Waals surface area contributed by atoms with Crippen molar-refractivity contribution in [2.45, 2.75) is 6.54 Å². The summed E-state index contributed by atoms with van der Waals surface area (Å²) in [5.74, 6) is 0.369. The summed E-state index contributed by atoms with van der Waals surface area (Å²) < 4.78 is 7.07. The maximum atomic E-state index is 10.6. The maximum absolute atomic E-state index is 10.6. The van der Waals surface area contributed by atoms with E-state index in [0.29, 0.717) is 6.54 Å². The molecule has 0 saturated carbocycles. The predicted molar refractivity (Wildman–Crippen MR) is 69.3 cm³/mol. The van der Waals surface area contributed by atoms with E-state index in [1.807, 2.05) is 12.1 Å². The topological polar surface area (TPSA) is 64.3 Å². The van der Waals surface area contributed by atoms with E-state index in [-0.39, 0.29) is 12.5 Å². The zero-order chi connectivity index (χ0) is 12.1. The molecule has 1 aromatic rings. The molecule has 0 atom stereocenters. The largest absolute Gasteiger partial charge is 0.495 e. The van der Waals surface area contributed by atoms with Gasteiger partial charge in [0.25, 0.3) is 0 Å². The van der Waals surface area contributed by atoms with Crippen molar-refractivity contribution in [3.8, 4) is 5.75 Å². The number of rotatable bonds is 5. The molecule has 0 aliphatic carbocycles. The number of nitrogens with one attached hydrogen (secondary N) is 1. The third-order valence-corrected chi connectivity index (χ3v) is 2.95. The highest BCUT2D eigenvalue weighted by molar-refractivity contribution is 9.11. The van der Waals surface area contributed by atoms with Crippen LogP contribution in [0.2, 0.25) is 0 Å². The molecule has 0 spiro atoms. The van der Waals surface area contributed by atoms with E-state index in [0.717, 1.165) is 20.3 Å². The predicted octanol–water partition coefficient (Wildman–Crippen LogP) is 1.80. The number of carbonyl (C=O) groups excluding carboxylic acids is 1. The fraction of sp³-hybridized carbons (Fsp3) is 0.300. The number of methoxy groups -OCH3 is 1. The molecule has 1 rings (SSSR count). The van der Waals surface area contributed by atoms with Crippen molar-refractivity contribution >= 4 is 37.8 Å². The zero-order valence-electron chi connectivity index (χ0n) is 8.72. The SMILES string of the molecule is COc1c(Br)cc(Br)cc1CNCC(N)=O. The van der Waals surface area contributed by atoms with Gasteiger partial charge in [0.2, 0.25) is 5.91 Å². The molecule has 1 aromatic carbocycles. The first kappa shape index (κ1) is 13.5. The minimum absolute atomic E-state index is 0.146. The Hall–Kier alpha value is -0.590. The van der Waals surface area contributed by atoms with Crippen molar-refractivity contribution in [2.24, 2.45) is 5.73 Å². The van der Waals surface area contributed by atoms with Gasteiger partial charge in [0.1, 0.15) is 5.75 Å². The summed E-state index contributed by atoms with van der Waals surface area (Å²) in [4.78, 5) is 10.6. The van der Waals surface area contributed by atoms with Crippen molar-refractivity contribution in [3.05, 3.63) is 26.6 Å². The monoisotopic (exact) mass is 350 g/mol. The van der Waals surface area contributed by atoms with Crippen LogP contribution < -0.4 is 15.8 Å². The van der Waals surface area contributed by atoms with E-state index in [9.17, 15) is 4.79 Å². The van der Waals surface area contributed by atoms with Gasteiger partial charge in [-0.3, -0.25) is 4.79 Å². The third-order valence-electron chi connectivity index (χ3n) is 1.90. The Morgan fingerprint density at radius 1 is 1.50 bits per heavy atom. The summed E-state index contributed by atoms with van der Waals surface area (Å²) in [6.45, 7) is 0.664. The average Bonchev–Trinajstić information content (AvgIpc) is 2.16. The normalized spacial score (nSPS) is 10.2. The molecule has 88 valence electrons. The highest BCUT2D eigenvalue weighted by Gasteiger charge is 2.09. The molecule has 0 radical (unpaired) electrons. The lowest BCUT2D eigenvalue weighted by Gasteiger charge is -2.11. The number of benzene rings is 1. The van der Waals surface area contributed by atoms with Gasteiger partial charge in [-0.2, -0.15) is 0 Å². The van der Waals surface area contributed by atoms with Gasteiger partial charge in [-0.1, -0.05) is 15.9 Å². The molecule has 1 amide bonds. The van der Waals surface area contributed by atoms with Gasteiger partial charge >= 0.3 is 0 Å². The van der Waals surface area contributed by atoms with Crippen molar-refractivity contribution in [1.29, 1.82) is 0 Å². The Labute approximate surface area is 111 Å². The smallest absolute Gasteiger partial charge is 0.231 e. The van der Waals surface area contributed by atoms with E-state index in [4.69, 9.17) is 10.5 Å². The van der Waals surface area contributed by atoms with E-state index in [1.54, 1.807) is 7.11 Å². The quantitative estimate of drug-likeness (QED) is 0.850. The molecule has 0 heterocycles. The van der Waals surface area contributed by atoms with Crippen LogP contribution in [0.15, 0.2) is 21.1 Å². The van der Waals surface area contributed by atoms with Crippen molar-refractivity contribution in [3.63, 3.8) is 0 Å². The van der Waals surface area contributed by atoms with Crippen LogP contribution in [0.1, 0.15) is 5.56 Å². The van der Waals surface area contributed by atoms with Crippen LogP contribution in [-0.2, 0) is 11.3 Å². The number of carbonyl (C=O) groups is 1. The summed E-state index contributed by atoms with van der Waals surface area (Å²) in [6, 6.07) is 3.83. The molecule has 0 aromatic heterocycles. The van der Waals surface area contributed by atoms with Crippen LogP contribution in [0.4, 0.5) is 0 Å². The van der Waals surface area contributed by atoms with Gasteiger partial charge < -0.3 is 15.8 Å². The van der Waals surface area contributed by atoms with E-state index in [1.165, 1.54) is 0 Å². The van der Waals surface area contributed by atoms with Crippen LogP contribution >= 0.6 is 31.9 Å². The Bertz CT molecular complexity index is 397. The molecular formula is C10H12Br2N2O2. The summed E-state index contributed by atoms with van der Waals surface area (Å²) in [5.41, 5.74) is 5.98. The lowest BCUT2D eigenvalue weighted by atomic mass is 10.2. The summed E-state index contributed by atoms with van der Waals surface area (Å²) in [6.07, 6.45) is 0. The number of hydrogen-bond donors (Lipinski definition) is 2. The van der Waals surface area contributed by atoms with Crippen LogP contribution in [-0.4, -0.2) is 19.6 Å². The minimum atomic E-state index is -0.381.